The molecule has 21 heavy (non-hydrogen) atoms. The van der Waals surface area contributed by atoms with Crippen molar-refractivity contribution in [1.29, 1.82) is 0 Å². The van der Waals surface area contributed by atoms with Crippen molar-refractivity contribution < 1.29 is 0 Å². The minimum atomic E-state index is 0.572. The van der Waals surface area contributed by atoms with E-state index < -0.39 is 0 Å². The normalized spacial score (nSPS) is 34.7. The van der Waals surface area contributed by atoms with Crippen LogP contribution in [0.1, 0.15) is 71.1 Å². The molecule has 2 nitrogen and oxygen atoms in total. The van der Waals surface area contributed by atoms with E-state index in [9.17, 15) is 0 Å². The van der Waals surface area contributed by atoms with Gasteiger partial charge < -0.3 is 10.2 Å². The van der Waals surface area contributed by atoms with Gasteiger partial charge in [-0.2, -0.15) is 0 Å². The van der Waals surface area contributed by atoms with E-state index in [0.717, 1.165) is 17.9 Å². The third-order valence-corrected chi connectivity index (χ3v) is 6.33. The fourth-order valence-electron chi connectivity index (χ4n) is 4.68. The highest BCUT2D eigenvalue weighted by atomic mass is 15.1. The zero-order chi connectivity index (χ0) is 14.7. The van der Waals surface area contributed by atoms with Crippen LogP contribution in [0.5, 0.6) is 0 Å². The molecular weight excluding hydrogens is 256 g/mol. The molecule has 3 aliphatic carbocycles. The molecule has 0 amide bonds. The zero-order valence-corrected chi connectivity index (χ0v) is 14.4. The molecule has 0 aliphatic heterocycles. The Morgan fingerprint density at radius 3 is 2.29 bits per heavy atom. The highest BCUT2D eigenvalue weighted by molar-refractivity contribution is 4.92. The molecule has 0 atom stereocenters. The van der Waals surface area contributed by atoms with Crippen LogP contribution < -0.4 is 5.32 Å². The molecule has 2 heteroatoms. The molecular formula is C19H36N2. The van der Waals surface area contributed by atoms with Gasteiger partial charge in [-0.05, 0) is 62.8 Å². The second-order valence-corrected chi connectivity index (χ2v) is 8.68. The van der Waals surface area contributed by atoms with Gasteiger partial charge in [0.05, 0.1) is 0 Å². The van der Waals surface area contributed by atoms with Crippen LogP contribution in [-0.2, 0) is 0 Å². The Kier molecular flexibility index (Phi) is 5.27. The minimum absolute atomic E-state index is 0.572. The molecule has 0 saturated heterocycles. The van der Waals surface area contributed by atoms with E-state index in [1.165, 1.54) is 83.8 Å². The van der Waals surface area contributed by atoms with E-state index in [0.29, 0.717) is 5.41 Å². The summed E-state index contributed by atoms with van der Waals surface area (Å²) >= 11 is 0. The Hall–Kier alpha value is -0.0800. The van der Waals surface area contributed by atoms with Crippen LogP contribution in [0.2, 0.25) is 0 Å². The third kappa shape index (κ3) is 4.69. The van der Waals surface area contributed by atoms with Gasteiger partial charge in [0.25, 0.3) is 0 Å². The Morgan fingerprint density at radius 2 is 1.67 bits per heavy atom. The molecule has 0 bridgehead atoms. The maximum atomic E-state index is 3.85. The molecule has 0 heterocycles. The summed E-state index contributed by atoms with van der Waals surface area (Å²) in [6, 6.07) is 0.862. The van der Waals surface area contributed by atoms with E-state index in [-0.39, 0.29) is 0 Å². The van der Waals surface area contributed by atoms with Gasteiger partial charge in [0.1, 0.15) is 0 Å². The smallest absolute Gasteiger partial charge is 0.00684 e. The Bertz CT molecular complexity index is 310. The van der Waals surface area contributed by atoms with Crippen LogP contribution in [0.15, 0.2) is 0 Å². The number of nitrogens with one attached hydrogen (secondary N) is 1. The van der Waals surface area contributed by atoms with Crippen LogP contribution in [0.3, 0.4) is 0 Å². The van der Waals surface area contributed by atoms with E-state index in [2.05, 4.69) is 24.2 Å². The van der Waals surface area contributed by atoms with Gasteiger partial charge >= 0.3 is 0 Å². The molecule has 3 rings (SSSR count). The third-order valence-electron chi connectivity index (χ3n) is 6.33. The lowest BCUT2D eigenvalue weighted by molar-refractivity contribution is 0.0912. The van der Waals surface area contributed by atoms with E-state index in [1.807, 2.05) is 0 Å². The molecule has 3 fully saturated rings. The second-order valence-electron chi connectivity index (χ2n) is 8.68. The molecule has 3 saturated carbocycles. The number of rotatable bonds is 7. The van der Waals surface area contributed by atoms with Crippen molar-refractivity contribution >= 4 is 0 Å². The van der Waals surface area contributed by atoms with Crippen molar-refractivity contribution in [1.82, 2.24) is 10.2 Å². The molecule has 0 aromatic carbocycles. The topological polar surface area (TPSA) is 15.3 Å². The average molecular weight is 293 g/mol. The summed E-state index contributed by atoms with van der Waals surface area (Å²) in [5.74, 6) is 1.95. The molecule has 122 valence electrons. The first-order valence-corrected chi connectivity index (χ1v) is 9.57. The van der Waals surface area contributed by atoms with Gasteiger partial charge in [0.15, 0.2) is 0 Å². The summed E-state index contributed by atoms with van der Waals surface area (Å²) in [4.78, 5) is 2.68. The second kappa shape index (κ2) is 7.00. The van der Waals surface area contributed by atoms with Gasteiger partial charge in [-0.25, -0.2) is 0 Å². The SMILES string of the molecule is CC1CCC(CNC2CC2)(CN(C)CC2CCCC2)CC1. The van der Waals surface area contributed by atoms with Crippen LogP contribution in [0, 0.1) is 17.3 Å². The lowest BCUT2D eigenvalue weighted by Gasteiger charge is -2.42. The summed E-state index contributed by atoms with van der Waals surface area (Å²) in [6.45, 7) is 6.40. The van der Waals surface area contributed by atoms with Crippen LogP contribution in [0.25, 0.3) is 0 Å². The van der Waals surface area contributed by atoms with Crippen molar-refractivity contribution in [3.8, 4) is 0 Å². The maximum absolute atomic E-state index is 3.85. The van der Waals surface area contributed by atoms with Crippen molar-refractivity contribution in [3.63, 3.8) is 0 Å². The minimum Gasteiger partial charge on any atom is -0.313 e. The van der Waals surface area contributed by atoms with Crippen LogP contribution >= 0.6 is 0 Å². The van der Waals surface area contributed by atoms with Gasteiger partial charge in [-0.1, -0.05) is 32.6 Å². The van der Waals surface area contributed by atoms with Crippen molar-refractivity contribution in [2.24, 2.45) is 17.3 Å². The quantitative estimate of drug-likeness (QED) is 0.761. The monoisotopic (exact) mass is 292 g/mol. The van der Waals surface area contributed by atoms with Gasteiger partial charge in [0.2, 0.25) is 0 Å². The van der Waals surface area contributed by atoms with Gasteiger partial charge in [-0.15, -0.1) is 0 Å². The largest absolute Gasteiger partial charge is 0.313 e. The highest BCUT2D eigenvalue weighted by Gasteiger charge is 2.37. The standard InChI is InChI=1S/C19H36N2/c1-16-9-11-19(12-10-16,14-20-18-7-8-18)15-21(2)13-17-5-3-4-6-17/h16-18,20H,3-15H2,1-2H3. The number of hydrogen-bond donors (Lipinski definition) is 1. The molecule has 3 aliphatic rings. The molecule has 0 unspecified atom stereocenters. The van der Waals surface area contributed by atoms with Crippen molar-refractivity contribution in [3.05, 3.63) is 0 Å². The number of hydrogen-bond acceptors (Lipinski definition) is 2. The first kappa shape index (κ1) is 15.8. The van der Waals surface area contributed by atoms with Crippen LogP contribution in [0.4, 0.5) is 0 Å². The van der Waals surface area contributed by atoms with Gasteiger partial charge in [0, 0.05) is 25.7 Å². The summed E-state index contributed by atoms with van der Waals surface area (Å²) < 4.78 is 0. The van der Waals surface area contributed by atoms with Crippen LogP contribution in [-0.4, -0.2) is 37.6 Å². The first-order valence-electron chi connectivity index (χ1n) is 9.57. The summed E-state index contributed by atoms with van der Waals surface area (Å²) in [6.07, 6.45) is 14.5. The summed E-state index contributed by atoms with van der Waals surface area (Å²) in [5, 5.41) is 3.85. The van der Waals surface area contributed by atoms with Gasteiger partial charge in [-0.3, -0.25) is 0 Å². The predicted octanol–water partition coefficient (Wildman–Crippen LogP) is 4.06. The fourth-order valence-corrected chi connectivity index (χ4v) is 4.68. The number of nitrogens with zero attached hydrogens (tertiary/aromatic N) is 1. The summed E-state index contributed by atoms with van der Waals surface area (Å²) in [5.41, 5.74) is 0.572. The lowest BCUT2D eigenvalue weighted by Crippen LogP contribution is -2.46. The fraction of sp³-hybridized carbons (Fsp3) is 1.00. The molecule has 0 spiro atoms. The summed E-state index contributed by atoms with van der Waals surface area (Å²) in [7, 11) is 2.38. The lowest BCUT2D eigenvalue weighted by atomic mass is 9.70. The average Bonchev–Trinajstić information content (AvgIpc) is 3.17. The van der Waals surface area contributed by atoms with E-state index >= 15 is 0 Å². The highest BCUT2D eigenvalue weighted by Crippen LogP contribution is 2.40. The van der Waals surface area contributed by atoms with Crippen molar-refractivity contribution in [2.45, 2.75) is 77.2 Å². The zero-order valence-electron chi connectivity index (χ0n) is 14.4. The molecule has 1 N–H and O–H groups in total. The van der Waals surface area contributed by atoms with Crippen molar-refractivity contribution in [2.75, 3.05) is 26.7 Å². The predicted molar refractivity (Wildman–Crippen MR) is 90.5 cm³/mol. The van der Waals surface area contributed by atoms with E-state index in [1.54, 1.807) is 0 Å². The molecule has 0 aromatic rings. The first-order chi connectivity index (χ1) is 10.2. The Balaban J connectivity index is 1.52. The Morgan fingerprint density at radius 1 is 1.00 bits per heavy atom. The molecule has 0 radical (unpaired) electrons. The van der Waals surface area contributed by atoms with E-state index in [4.69, 9.17) is 0 Å². The Labute approximate surface area is 132 Å². The maximum Gasteiger partial charge on any atom is 0.00684 e. The molecule has 0 aromatic heterocycles.